The van der Waals surface area contributed by atoms with Crippen molar-refractivity contribution in [2.24, 2.45) is 4.99 Å². The zero-order valence-corrected chi connectivity index (χ0v) is 17.4. The van der Waals surface area contributed by atoms with Crippen LogP contribution < -0.4 is 5.32 Å². The SMILES string of the molecule is C[C@@H](CNC(=O)C1=CC(Br)=CN2C1=NCC2(C)C)c1cccc(C(F)F)c1F. The first-order valence-corrected chi connectivity index (χ1v) is 9.69. The molecule has 2 aliphatic heterocycles. The fraction of sp³-hybridized carbons (Fsp3) is 0.400. The third-order valence-corrected chi connectivity index (χ3v) is 5.34. The van der Waals surface area contributed by atoms with Crippen LogP contribution in [-0.4, -0.2) is 35.3 Å². The third kappa shape index (κ3) is 3.87. The Kier molecular flexibility index (Phi) is 5.70. The lowest BCUT2D eigenvalue weighted by Crippen LogP contribution is -2.45. The summed E-state index contributed by atoms with van der Waals surface area (Å²) in [6, 6.07) is 3.93. The molecule has 1 N–H and O–H groups in total. The van der Waals surface area contributed by atoms with Gasteiger partial charge in [-0.2, -0.15) is 0 Å². The van der Waals surface area contributed by atoms with Gasteiger partial charge in [0.2, 0.25) is 0 Å². The Hall–Kier alpha value is -2.09. The lowest BCUT2D eigenvalue weighted by molar-refractivity contribution is -0.117. The average Bonchev–Trinajstić information content (AvgIpc) is 2.93. The minimum Gasteiger partial charge on any atom is -0.351 e. The average molecular weight is 456 g/mol. The Morgan fingerprint density at radius 2 is 2.04 bits per heavy atom. The number of benzene rings is 1. The van der Waals surface area contributed by atoms with Gasteiger partial charge < -0.3 is 10.2 Å². The number of alkyl halides is 2. The zero-order valence-electron chi connectivity index (χ0n) is 15.8. The number of halogens is 4. The molecule has 2 heterocycles. The monoisotopic (exact) mass is 455 g/mol. The molecule has 28 heavy (non-hydrogen) atoms. The van der Waals surface area contributed by atoms with E-state index < -0.39 is 23.7 Å². The van der Waals surface area contributed by atoms with E-state index in [1.54, 1.807) is 13.0 Å². The highest BCUT2D eigenvalue weighted by Gasteiger charge is 2.38. The molecule has 8 heteroatoms. The van der Waals surface area contributed by atoms with Crippen LogP contribution in [0.3, 0.4) is 0 Å². The van der Waals surface area contributed by atoms with Gasteiger partial charge in [0.15, 0.2) is 0 Å². The summed E-state index contributed by atoms with van der Waals surface area (Å²) in [6.45, 7) is 6.41. The molecular formula is C20H21BrF3N3O. The maximum atomic E-state index is 14.3. The first-order chi connectivity index (χ1) is 13.1. The van der Waals surface area contributed by atoms with Crippen molar-refractivity contribution in [3.63, 3.8) is 0 Å². The van der Waals surface area contributed by atoms with Crippen molar-refractivity contribution in [2.75, 3.05) is 13.1 Å². The summed E-state index contributed by atoms with van der Waals surface area (Å²) in [5.41, 5.74) is -0.301. The molecule has 0 unspecified atom stereocenters. The summed E-state index contributed by atoms with van der Waals surface area (Å²) in [5, 5.41) is 2.77. The number of carbonyl (C=O) groups is 1. The zero-order chi connectivity index (χ0) is 20.6. The van der Waals surface area contributed by atoms with Crippen molar-refractivity contribution >= 4 is 27.7 Å². The van der Waals surface area contributed by atoms with Crippen molar-refractivity contribution in [3.8, 4) is 0 Å². The van der Waals surface area contributed by atoms with E-state index in [1.165, 1.54) is 12.1 Å². The van der Waals surface area contributed by atoms with Crippen molar-refractivity contribution < 1.29 is 18.0 Å². The molecule has 0 saturated carbocycles. The number of hydrogen-bond donors (Lipinski definition) is 1. The molecule has 1 amide bonds. The minimum atomic E-state index is -2.88. The summed E-state index contributed by atoms with van der Waals surface area (Å²) in [5.74, 6) is -1.15. The van der Waals surface area contributed by atoms with Crippen LogP contribution in [0.25, 0.3) is 0 Å². The predicted molar refractivity (Wildman–Crippen MR) is 106 cm³/mol. The highest BCUT2D eigenvalue weighted by atomic mass is 79.9. The summed E-state index contributed by atoms with van der Waals surface area (Å²) < 4.78 is 40.9. The lowest BCUT2D eigenvalue weighted by Gasteiger charge is -2.33. The largest absolute Gasteiger partial charge is 0.351 e. The van der Waals surface area contributed by atoms with Crippen LogP contribution in [0.4, 0.5) is 13.2 Å². The van der Waals surface area contributed by atoms with Gasteiger partial charge in [0, 0.05) is 23.1 Å². The number of nitrogens with zero attached hydrogens (tertiary/aromatic N) is 2. The number of amidine groups is 1. The summed E-state index contributed by atoms with van der Waals surface area (Å²) in [4.78, 5) is 19.2. The first-order valence-electron chi connectivity index (χ1n) is 8.89. The third-order valence-electron chi connectivity index (χ3n) is 4.91. The van der Waals surface area contributed by atoms with Crippen molar-refractivity contribution in [3.05, 3.63) is 57.5 Å². The van der Waals surface area contributed by atoms with Crippen LogP contribution in [0.2, 0.25) is 0 Å². The van der Waals surface area contributed by atoms with Crippen LogP contribution in [0, 0.1) is 5.82 Å². The van der Waals surface area contributed by atoms with Gasteiger partial charge in [0.1, 0.15) is 11.7 Å². The number of carbonyl (C=O) groups excluding carboxylic acids is 1. The molecular weight excluding hydrogens is 435 g/mol. The van der Waals surface area contributed by atoms with Crippen molar-refractivity contribution in [1.29, 1.82) is 0 Å². The number of aliphatic imine (C=N–C) groups is 1. The number of amides is 1. The maximum Gasteiger partial charge on any atom is 0.266 e. The second-order valence-electron chi connectivity index (χ2n) is 7.56. The quantitative estimate of drug-likeness (QED) is 0.701. The normalized spacial score (nSPS) is 19.0. The van der Waals surface area contributed by atoms with Gasteiger partial charge in [-0.25, -0.2) is 13.2 Å². The number of allylic oxidation sites excluding steroid dienone is 2. The molecule has 0 fully saturated rings. The predicted octanol–water partition coefficient (Wildman–Crippen LogP) is 4.65. The van der Waals surface area contributed by atoms with Crippen LogP contribution in [0.5, 0.6) is 0 Å². The molecule has 0 spiro atoms. The minimum absolute atomic E-state index is 0.109. The number of nitrogens with one attached hydrogen (secondary N) is 1. The van der Waals surface area contributed by atoms with E-state index >= 15 is 0 Å². The Labute approximate surface area is 170 Å². The van der Waals surface area contributed by atoms with Crippen LogP contribution in [-0.2, 0) is 4.79 Å². The molecule has 4 nitrogen and oxygen atoms in total. The number of fused-ring (bicyclic) bond motifs is 1. The van der Waals surface area contributed by atoms with Gasteiger partial charge in [-0.15, -0.1) is 0 Å². The summed E-state index contributed by atoms with van der Waals surface area (Å²) >= 11 is 3.42. The highest BCUT2D eigenvalue weighted by molar-refractivity contribution is 9.11. The summed E-state index contributed by atoms with van der Waals surface area (Å²) in [7, 11) is 0. The topological polar surface area (TPSA) is 44.7 Å². The molecule has 0 bridgehead atoms. The van der Waals surface area contributed by atoms with E-state index in [0.717, 1.165) is 10.5 Å². The Morgan fingerprint density at radius 3 is 2.71 bits per heavy atom. The van der Waals surface area contributed by atoms with Crippen molar-refractivity contribution in [2.45, 2.75) is 38.7 Å². The van der Waals surface area contributed by atoms with Gasteiger partial charge in [-0.1, -0.05) is 25.1 Å². The fourth-order valence-corrected chi connectivity index (χ4v) is 3.69. The van der Waals surface area contributed by atoms with E-state index in [4.69, 9.17) is 0 Å². The van der Waals surface area contributed by atoms with E-state index in [-0.39, 0.29) is 23.6 Å². The number of rotatable bonds is 5. The van der Waals surface area contributed by atoms with Gasteiger partial charge >= 0.3 is 0 Å². The maximum absolute atomic E-state index is 14.3. The van der Waals surface area contributed by atoms with Crippen LogP contribution in [0.15, 0.2) is 45.5 Å². The van der Waals surface area contributed by atoms with Gasteiger partial charge in [-0.05, 0) is 41.4 Å². The van der Waals surface area contributed by atoms with E-state index in [1.807, 2.05) is 24.9 Å². The summed E-state index contributed by atoms with van der Waals surface area (Å²) in [6.07, 6.45) is 0.693. The van der Waals surface area contributed by atoms with E-state index in [2.05, 4.69) is 26.2 Å². The highest BCUT2D eigenvalue weighted by Crippen LogP contribution is 2.32. The molecule has 0 radical (unpaired) electrons. The molecule has 0 aliphatic carbocycles. The van der Waals surface area contributed by atoms with Crippen LogP contribution in [0.1, 0.15) is 44.2 Å². The molecule has 2 aliphatic rings. The molecule has 1 atom stereocenters. The Balaban J connectivity index is 1.73. The Morgan fingerprint density at radius 1 is 1.36 bits per heavy atom. The molecule has 150 valence electrons. The second-order valence-corrected chi connectivity index (χ2v) is 8.47. The molecule has 0 aromatic heterocycles. The molecule has 1 aromatic carbocycles. The van der Waals surface area contributed by atoms with Gasteiger partial charge in [-0.3, -0.25) is 9.79 Å². The van der Waals surface area contributed by atoms with Crippen LogP contribution >= 0.6 is 15.9 Å². The molecule has 3 rings (SSSR count). The lowest BCUT2D eigenvalue weighted by atomic mass is 9.97. The fourth-order valence-electron chi connectivity index (χ4n) is 3.26. The van der Waals surface area contributed by atoms with Gasteiger partial charge in [0.05, 0.1) is 23.2 Å². The number of hydrogen-bond acceptors (Lipinski definition) is 3. The second kappa shape index (κ2) is 7.73. The molecule has 1 aromatic rings. The Bertz CT molecular complexity index is 893. The smallest absolute Gasteiger partial charge is 0.266 e. The van der Waals surface area contributed by atoms with Gasteiger partial charge in [0.25, 0.3) is 12.3 Å². The van der Waals surface area contributed by atoms with E-state index in [9.17, 15) is 18.0 Å². The van der Waals surface area contributed by atoms with Crippen molar-refractivity contribution in [1.82, 2.24) is 10.2 Å². The van der Waals surface area contributed by atoms with E-state index in [0.29, 0.717) is 18.0 Å². The molecule has 0 saturated heterocycles. The standard InChI is InChI=1S/C20H21BrF3N3O/c1-11(13-5-4-6-14(16(13)22)17(23)24)8-25-19(28)15-7-12(21)9-27-18(15)26-10-20(27,2)3/h4-7,9,11,17H,8,10H2,1-3H3,(H,25,28)/t11-/m0/s1. The first kappa shape index (κ1) is 20.6.